The van der Waals surface area contributed by atoms with Gasteiger partial charge < -0.3 is 10.5 Å². The van der Waals surface area contributed by atoms with Gasteiger partial charge in [-0.25, -0.2) is 0 Å². The molecule has 0 aliphatic carbocycles. The molecule has 0 aliphatic rings. The Morgan fingerprint density at radius 3 is 2.65 bits per heavy atom. The summed E-state index contributed by atoms with van der Waals surface area (Å²) in [4.78, 5) is 1.11. The summed E-state index contributed by atoms with van der Waals surface area (Å²) in [6, 6.07) is 7.89. The van der Waals surface area contributed by atoms with Gasteiger partial charge in [0.05, 0.1) is 12.8 Å². The molecule has 1 aromatic carbocycles. The predicted octanol–water partition coefficient (Wildman–Crippen LogP) is 2.40. The van der Waals surface area contributed by atoms with E-state index >= 15 is 0 Å². The van der Waals surface area contributed by atoms with Crippen LogP contribution >= 0.6 is 11.8 Å². The first-order chi connectivity index (χ1) is 8.15. The molecular formula is C12H15N3OS. The van der Waals surface area contributed by atoms with Gasteiger partial charge in [0.25, 0.3) is 0 Å². The van der Waals surface area contributed by atoms with Gasteiger partial charge in [-0.2, -0.15) is 5.10 Å². The SMILES string of the molecule is COc1cc(-c2cc(N)n(C)n2)ccc1SC. The van der Waals surface area contributed by atoms with Crippen LogP contribution in [0.3, 0.4) is 0 Å². The van der Waals surface area contributed by atoms with Crippen LogP contribution in [0.15, 0.2) is 29.2 Å². The number of nitrogens with zero attached hydrogens (tertiary/aromatic N) is 2. The van der Waals surface area contributed by atoms with Crippen molar-refractivity contribution in [3.05, 3.63) is 24.3 Å². The van der Waals surface area contributed by atoms with Crippen molar-refractivity contribution in [3.63, 3.8) is 0 Å². The lowest BCUT2D eigenvalue weighted by molar-refractivity contribution is 0.405. The first kappa shape index (κ1) is 11.9. The minimum absolute atomic E-state index is 0.646. The molecule has 0 aliphatic heterocycles. The van der Waals surface area contributed by atoms with E-state index in [-0.39, 0.29) is 0 Å². The number of aryl methyl sites for hydroxylation is 1. The van der Waals surface area contributed by atoms with Crippen LogP contribution in [0.1, 0.15) is 0 Å². The van der Waals surface area contributed by atoms with Crippen molar-refractivity contribution in [1.29, 1.82) is 0 Å². The monoisotopic (exact) mass is 249 g/mol. The van der Waals surface area contributed by atoms with E-state index in [1.807, 2.05) is 37.6 Å². The first-order valence-electron chi connectivity index (χ1n) is 5.17. The van der Waals surface area contributed by atoms with E-state index in [2.05, 4.69) is 5.10 Å². The number of nitrogen functional groups attached to an aromatic ring is 1. The van der Waals surface area contributed by atoms with E-state index in [1.54, 1.807) is 23.6 Å². The predicted molar refractivity (Wildman–Crippen MR) is 71.4 cm³/mol. The van der Waals surface area contributed by atoms with Crippen molar-refractivity contribution in [3.8, 4) is 17.0 Å². The number of hydrogen-bond donors (Lipinski definition) is 1. The Bertz CT molecular complexity index is 517. The lowest BCUT2D eigenvalue weighted by Gasteiger charge is -2.07. The van der Waals surface area contributed by atoms with Crippen LogP contribution in [0, 0.1) is 0 Å². The van der Waals surface area contributed by atoms with Gasteiger partial charge in [0, 0.05) is 23.6 Å². The summed E-state index contributed by atoms with van der Waals surface area (Å²) in [5, 5.41) is 4.34. The lowest BCUT2D eigenvalue weighted by atomic mass is 10.1. The molecule has 2 aromatic rings. The second kappa shape index (κ2) is 4.71. The smallest absolute Gasteiger partial charge is 0.133 e. The van der Waals surface area contributed by atoms with Crippen molar-refractivity contribution < 1.29 is 4.74 Å². The minimum atomic E-state index is 0.646. The zero-order chi connectivity index (χ0) is 12.4. The van der Waals surface area contributed by atoms with Crippen LogP contribution in [0.2, 0.25) is 0 Å². The molecule has 1 heterocycles. The van der Waals surface area contributed by atoms with E-state index < -0.39 is 0 Å². The molecule has 1 aromatic heterocycles. The Balaban J connectivity index is 2.46. The van der Waals surface area contributed by atoms with Gasteiger partial charge in [-0.15, -0.1) is 11.8 Å². The molecule has 90 valence electrons. The summed E-state index contributed by atoms with van der Waals surface area (Å²) in [5.41, 5.74) is 7.63. The number of hydrogen-bond acceptors (Lipinski definition) is 4. The van der Waals surface area contributed by atoms with Gasteiger partial charge in [-0.3, -0.25) is 4.68 Å². The van der Waals surface area contributed by atoms with Gasteiger partial charge in [0.2, 0.25) is 0 Å². The van der Waals surface area contributed by atoms with Gasteiger partial charge in [0.15, 0.2) is 0 Å². The summed E-state index contributed by atoms with van der Waals surface area (Å²) in [5.74, 6) is 1.51. The lowest BCUT2D eigenvalue weighted by Crippen LogP contribution is -1.96. The molecule has 0 atom stereocenters. The Kier molecular flexibility index (Phi) is 3.28. The van der Waals surface area contributed by atoms with Crippen LogP contribution in [-0.4, -0.2) is 23.1 Å². The summed E-state index contributed by atoms with van der Waals surface area (Å²) in [7, 11) is 3.50. The molecule has 0 saturated carbocycles. The van der Waals surface area contributed by atoms with E-state index in [0.29, 0.717) is 5.82 Å². The largest absolute Gasteiger partial charge is 0.496 e. The molecule has 2 rings (SSSR count). The van der Waals surface area contributed by atoms with Crippen LogP contribution < -0.4 is 10.5 Å². The van der Waals surface area contributed by atoms with E-state index in [9.17, 15) is 0 Å². The molecule has 0 spiro atoms. The molecule has 0 fully saturated rings. The molecule has 0 radical (unpaired) electrons. The third-order valence-electron chi connectivity index (χ3n) is 2.60. The van der Waals surface area contributed by atoms with Gasteiger partial charge >= 0.3 is 0 Å². The van der Waals surface area contributed by atoms with Crippen LogP contribution in [-0.2, 0) is 7.05 Å². The van der Waals surface area contributed by atoms with Crippen LogP contribution in [0.25, 0.3) is 11.3 Å². The van der Waals surface area contributed by atoms with Crippen molar-refractivity contribution in [1.82, 2.24) is 9.78 Å². The fourth-order valence-corrected chi connectivity index (χ4v) is 2.17. The van der Waals surface area contributed by atoms with Crippen LogP contribution in [0.5, 0.6) is 5.75 Å². The van der Waals surface area contributed by atoms with Crippen molar-refractivity contribution in [2.45, 2.75) is 4.90 Å². The van der Waals surface area contributed by atoms with Gasteiger partial charge in [-0.1, -0.05) is 6.07 Å². The average Bonchev–Trinajstić information content (AvgIpc) is 2.68. The highest BCUT2D eigenvalue weighted by atomic mass is 32.2. The molecule has 2 N–H and O–H groups in total. The van der Waals surface area contributed by atoms with Crippen molar-refractivity contribution in [2.24, 2.45) is 7.05 Å². The second-order valence-corrected chi connectivity index (χ2v) is 4.50. The fraction of sp³-hybridized carbons (Fsp3) is 0.250. The quantitative estimate of drug-likeness (QED) is 0.849. The highest BCUT2D eigenvalue weighted by molar-refractivity contribution is 7.98. The number of rotatable bonds is 3. The van der Waals surface area contributed by atoms with Gasteiger partial charge in [-0.05, 0) is 18.4 Å². The maximum absolute atomic E-state index is 5.77. The van der Waals surface area contributed by atoms with E-state index in [4.69, 9.17) is 10.5 Å². The molecule has 0 bridgehead atoms. The molecule has 0 amide bonds. The summed E-state index contributed by atoms with van der Waals surface area (Å²) in [6.07, 6.45) is 2.02. The summed E-state index contributed by atoms with van der Waals surface area (Å²) < 4.78 is 7.01. The summed E-state index contributed by atoms with van der Waals surface area (Å²) in [6.45, 7) is 0. The standard InChI is InChI=1S/C12H15N3OS/c1-15-12(13)7-9(14-15)8-4-5-11(17-3)10(6-8)16-2/h4-7H,13H2,1-3H3. The number of aromatic nitrogens is 2. The number of methoxy groups -OCH3 is 1. The molecule has 17 heavy (non-hydrogen) atoms. The maximum atomic E-state index is 5.77. The molecule has 0 unspecified atom stereocenters. The number of anilines is 1. The number of thioether (sulfide) groups is 1. The summed E-state index contributed by atoms with van der Waals surface area (Å²) >= 11 is 1.66. The Morgan fingerprint density at radius 1 is 1.35 bits per heavy atom. The Hall–Kier alpha value is -1.62. The first-order valence-corrected chi connectivity index (χ1v) is 6.40. The minimum Gasteiger partial charge on any atom is -0.496 e. The topological polar surface area (TPSA) is 53.1 Å². The molecule has 0 saturated heterocycles. The molecular weight excluding hydrogens is 234 g/mol. The van der Waals surface area contributed by atoms with Crippen molar-refractivity contribution >= 4 is 17.6 Å². The highest BCUT2D eigenvalue weighted by Crippen LogP contribution is 2.32. The zero-order valence-corrected chi connectivity index (χ0v) is 10.9. The maximum Gasteiger partial charge on any atom is 0.133 e. The molecule has 5 heteroatoms. The van der Waals surface area contributed by atoms with E-state index in [1.165, 1.54) is 0 Å². The number of ether oxygens (including phenoxy) is 1. The number of benzene rings is 1. The third kappa shape index (κ3) is 2.24. The fourth-order valence-electron chi connectivity index (χ4n) is 1.62. The zero-order valence-electron chi connectivity index (χ0n) is 10.1. The normalized spacial score (nSPS) is 10.5. The van der Waals surface area contributed by atoms with Gasteiger partial charge in [0.1, 0.15) is 11.6 Å². The Morgan fingerprint density at radius 2 is 2.12 bits per heavy atom. The third-order valence-corrected chi connectivity index (χ3v) is 3.37. The Labute approximate surface area is 105 Å². The number of nitrogens with two attached hydrogens (primary N) is 1. The van der Waals surface area contributed by atoms with E-state index in [0.717, 1.165) is 21.9 Å². The second-order valence-electron chi connectivity index (χ2n) is 3.65. The van der Waals surface area contributed by atoms with Crippen LogP contribution in [0.4, 0.5) is 5.82 Å². The van der Waals surface area contributed by atoms with Crippen molar-refractivity contribution in [2.75, 3.05) is 19.1 Å². The highest BCUT2D eigenvalue weighted by Gasteiger charge is 2.08. The average molecular weight is 249 g/mol. The molecule has 4 nitrogen and oxygen atoms in total.